The van der Waals surface area contributed by atoms with Crippen molar-refractivity contribution in [1.82, 2.24) is 10.2 Å². The van der Waals surface area contributed by atoms with E-state index in [1.165, 1.54) is 47.4 Å². The largest absolute Gasteiger partial charge is 0.374 e. The lowest BCUT2D eigenvalue weighted by molar-refractivity contribution is -0.115. The molecule has 0 saturated heterocycles. The molecule has 0 unspecified atom stereocenters. The summed E-state index contributed by atoms with van der Waals surface area (Å²) in [6.07, 6.45) is 0. The van der Waals surface area contributed by atoms with Crippen molar-refractivity contribution >= 4 is 39.8 Å². The van der Waals surface area contributed by atoms with Gasteiger partial charge in [-0.3, -0.25) is 4.79 Å². The molecule has 5 nitrogen and oxygen atoms in total. The van der Waals surface area contributed by atoms with E-state index in [1.807, 2.05) is 0 Å². The Bertz CT molecular complexity index is 572. The molecular weight excluding hydrogens is 287 g/mol. The lowest BCUT2D eigenvalue weighted by Gasteiger charge is -2.10. The van der Waals surface area contributed by atoms with Gasteiger partial charge < -0.3 is 11.1 Å². The van der Waals surface area contributed by atoms with E-state index in [1.54, 1.807) is 6.92 Å². The monoisotopic (exact) mass is 298 g/mol. The molecule has 1 heterocycles. The number of amides is 1. The van der Waals surface area contributed by atoms with Gasteiger partial charge in [0.2, 0.25) is 11.0 Å². The van der Waals surface area contributed by atoms with Gasteiger partial charge in [0, 0.05) is 5.69 Å². The van der Waals surface area contributed by atoms with E-state index in [-0.39, 0.29) is 17.0 Å². The average Bonchev–Trinajstić information content (AvgIpc) is 2.77. The molecule has 1 aromatic carbocycles. The van der Waals surface area contributed by atoms with Gasteiger partial charge in [0.15, 0.2) is 4.34 Å². The van der Waals surface area contributed by atoms with Crippen molar-refractivity contribution in [2.45, 2.75) is 16.5 Å². The molecule has 100 valence electrons. The van der Waals surface area contributed by atoms with E-state index in [9.17, 15) is 9.18 Å². The van der Waals surface area contributed by atoms with Gasteiger partial charge in [-0.1, -0.05) is 23.1 Å². The number of nitrogens with one attached hydrogen (secondary N) is 1. The molecule has 0 saturated carbocycles. The SMILES string of the molecule is C[C@H](Sc1nnc(N)s1)C(=O)Nc1ccc(F)cc1. The van der Waals surface area contributed by atoms with E-state index >= 15 is 0 Å². The Hall–Kier alpha value is -1.67. The molecule has 0 bridgehead atoms. The summed E-state index contributed by atoms with van der Waals surface area (Å²) in [4.78, 5) is 11.9. The fraction of sp³-hybridized carbons (Fsp3) is 0.182. The maximum Gasteiger partial charge on any atom is 0.237 e. The normalized spacial score (nSPS) is 12.1. The first kappa shape index (κ1) is 13.8. The number of hydrogen-bond donors (Lipinski definition) is 2. The van der Waals surface area contributed by atoms with Crippen LogP contribution in [0.25, 0.3) is 0 Å². The van der Waals surface area contributed by atoms with Crippen LogP contribution in [-0.4, -0.2) is 21.4 Å². The summed E-state index contributed by atoms with van der Waals surface area (Å²) in [5, 5.41) is 10.2. The summed E-state index contributed by atoms with van der Waals surface area (Å²) in [6.45, 7) is 1.75. The third-order valence-corrected chi connectivity index (χ3v) is 4.12. The Kier molecular flexibility index (Phi) is 4.33. The topological polar surface area (TPSA) is 80.9 Å². The molecule has 2 aromatic rings. The van der Waals surface area contributed by atoms with Gasteiger partial charge in [-0.15, -0.1) is 10.2 Å². The molecule has 0 spiro atoms. The molecule has 1 aromatic heterocycles. The quantitative estimate of drug-likeness (QED) is 0.847. The second-order valence-electron chi connectivity index (χ2n) is 3.66. The third-order valence-electron chi connectivity index (χ3n) is 2.18. The number of hydrogen-bond acceptors (Lipinski definition) is 6. The van der Waals surface area contributed by atoms with Crippen LogP contribution in [0.2, 0.25) is 0 Å². The van der Waals surface area contributed by atoms with E-state index in [0.29, 0.717) is 15.2 Å². The molecule has 1 amide bonds. The molecule has 0 fully saturated rings. The van der Waals surface area contributed by atoms with Gasteiger partial charge in [0.25, 0.3) is 0 Å². The predicted molar refractivity (Wildman–Crippen MR) is 74.7 cm³/mol. The number of nitrogens with two attached hydrogens (primary N) is 1. The van der Waals surface area contributed by atoms with Crippen molar-refractivity contribution in [3.8, 4) is 0 Å². The van der Waals surface area contributed by atoms with Crippen LogP contribution >= 0.6 is 23.1 Å². The number of halogens is 1. The smallest absolute Gasteiger partial charge is 0.237 e. The highest BCUT2D eigenvalue weighted by atomic mass is 32.2. The van der Waals surface area contributed by atoms with Crippen molar-refractivity contribution in [3.63, 3.8) is 0 Å². The molecular formula is C11H11FN4OS2. The van der Waals surface area contributed by atoms with Crippen molar-refractivity contribution in [2.24, 2.45) is 0 Å². The predicted octanol–water partition coefficient (Wildman–Crippen LogP) is 2.38. The van der Waals surface area contributed by atoms with Gasteiger partial charge >= 0.3 is 0 Å². The van der Waals surface area contributed by atoms with Crippen molar-refractivity contribution in [1.29, 1.82) is 0 Å². The zero-order valence-corrected chi connectivity index (χ0v) is 11.6. The van der Waals surface area contributed by atoms with Crippen LogP contribution < -0.4 is 11.1 Å². The van der Waals surface area contributed by atoms with Gasteiger partial charge in [0.1, 0.15) is 5.82 Å². The molecule has 0 aliphatic rings. The zero-order valence-electron chi connectivity index (χ0n) is 9.96. The van der Waals surface area contributed by atoms with Crippen LogP contribution in [0.5, 0.6) is 0 Å². The fourth-order valence-electron chi connectivity index (χ4n) is 1.25. The minimum absolute atomic E-state index is 0.189. The van der Waals surface area contributed by atoms with Crippen LogP contribution in [-0.2, 0) is 4.79 Å². The Labute approximate surface area is 117 Å². The van der Waals surface area contributed by atoms with Gasteiger partial charge in [0.05, 0.1) is 5.25 Å². The summed E-state index contributed by atoms with van der Waals surface area (Å²) >= 11 is 2.50. The molecule has 3 N–H and O–H groups in total. The van der Waals surface area contributed by atoms with Crippen LogP contribution in [0.15, 0.2) is 28.6 Å². The molecule has 0 radical (unpaired) electrons. The number of rotatable bonds is 4. The minimum Gasteiger partial charge on any atom is -0.374 e. The number of benzene rings is 1. The number of carbonyl (C=O) groups is 1. The number of carbonyl (C=O) groups excluding carboxylic acids is 1. The van der Waals surface area contributed by atoms with Gasteiger partial charge in [-0.25, -0.2) is 4.39 Å². The summed E-state index contributed by atoms with van der Waals surface area (Å²) in [7, 11) is 0. The number of thioether (sulfide) groups is 1. The summed E-state index contributed by atoms with van der Waals surface area (Å²) < 4.78 is 13.4. The molecule has 19 heavy (non-hydrogen) atoms. The highest BCUT2D eigenvalue weighted by Crippen LogP contribution is 2.28. The van der Waals surface area contributed by atoms with Crippen molar-refractivity contribution in [2.75, 3.05) is 11.1 Å². The van der Waals surface area contributed by atoms with Crippen LogP contribution in [0.3, 0.4) is 0 Å². The fourth-order valence-corrected chi connectivity index (χ4v) is 3.03. The molecule has 0 aliphatic carbocycles. The van der Waals surface area contributed by atoms with Crippen LogP contribution in [0.1, 0.15) is 6.92 Å². The van der Waals surface area contributed by atoms with Crippen LogP contribution in [0.4, 0.5) is 15.2 Å². The summed E-state index contributed by atoms with van der Waals surface area (Å²) in [5.41, 5.74) is 6.02. The van der Waals surface area contributed by atoms with Crippen molar-refractivity contribution < 1.29 is 9.18 Å². The second kappa shape index (κ2) is 5.98. The first-order chi connectivity index (χ1) is 9.04. The first-order valence-corrected chi connectivity index (χ1v) is 7.06. The number of anilines is 2. The van der Waals surface area contributed by atoms with E-state index in [0.717, 1.165) is 0 Å². The Morgan fingerprint density at radius 3 is 2.68 bits per heavy atom. The maximum absolute atomic E-state index is 12.7. The zero-order chi connectivity index (χ0) is 13.8. The lowest BCUT2D eigenvalue weighted by Crippen LogP contribution is -2.22. The number of nitrogens with zero attached hydrogens (tertiary/aromatic N) is 2. The molecule has 2 rings (SSSR count). The minimum atomic E-state index is -0.350. The number of nitrogen functional groups attached to an aromatic ring is 1. The standard InChI is InChI=1S/C11H11FN4OS2/c1-6(18-11-16-15-10(13)19-11)9(17)14-8-4-2-7(12)3-5-8/h2-6H,1H3,(H2,13,15)(H,14,17)/t6-/m0/s1. The highest BCUT2D eigenvalue weighted by Gasteiger charge is 2.16. The van der Waals surface area contributed by atoms with Crippen molar-refractivity contribution in [3.05, 3.63) is 30.1 Å². The van der Waals surface area contributed by atoms with Crippen LogP contribution in [0, 0.1) is 5.82 Å². The average molecular weight is 298 g/mol. The van der Waals surface area contributed by atoms with E-state index in [4.69, 9.17) is 5.73 Å². The highest BCUT2D eigenvalue weighted by molar-refractivity contribution is 8.02. The Balaban J connectivity index is 1.94. The lowest BCUT2D eigenvalue weighted by atomic mass is 10.3. The number of aromatic nitrogens is 2. The third kappa shape index (κ3) is 3.90. The Morgan fingerprint density at radius 2 is 2.11 bits per heavy atom. The van der Waals surface area contributed by atoms with E-state index in [2.05, 4.69) is 15.5 Å². The second-order valence-corrected chi connectivity index (χ2v) is 6.26. The first-order valence-electron chi connectivity index (χ1n) is 5.36. The molecule has 8 heteroatoms. The Morgan fingerprint density at radius 1 is 1.42 bits per heavy atom. The van der Waals surface area contributed by atoms with E-state index < -0.39 is 0 Å². The van der Waals surface area contributed by atoms with Gasteiger partial charge in [-0.05, 0) is 31.2 Å². The summed E-state index contributed by atoms with van der Waals surface area (Å²) in [6, 6.07) is 5.60. The van der Waals surface area contributed by atoms with Gasteiger partial charge in [-0.2, -0.15) is 0 Å². The maximum atomic E-state index is 12.7. The molecule has 0 aliphatic heterocycles. The summed E-state index contributed by atoms with van der Waals surface area (Å²) in [5.74, 6) is -0.532. The molecule has 1 atom stereocenters.